The maximum Gasteiger partial charge on any atom is 0.201 e. The highest BCUT2D eigenvalue weighted by Gasteiger charge is 2.43. The van der Waals surface area contributed by atoms with Crippen LogP contribution in [0.5, 0.6) is 5.75 Å². The lowest BCUT2D eigenvalue weighted by Gasteiger charge is -2.39. The number of nitrogens with zero attached hydrogens (tertiary/aromatic N) is 3. The number of methoxy groups -OCH3 is 1. The predicted molar refractivity (Wildman–Crippen MR) is 244 cm³/mol. The molecule has 6 aromatic carbocycles. The highest BCUT2D eigenvalue weighted by Crippen LogP contribution is 2.45. The van der Waals surface area contributed by atoms with E-state index < -0.39 is 11.8 Å². The molecule has 62 heavy (non-hydrogen) atoms. The van der Waals surface area contributed by atoms with Crippen molar-refractivity contribution in [2.75, 3.05) is 19.0 Å². The van der Waals surface area contributed by atoms with Crippen molar-refractivity contribution in [2.45, 2.75) is 50.2 Å². The van der Waals surface area contributed by atoms with Crippen LogP contribution in [0.15, 0.2) is 199 Å². The van der Waals surface area contributed by atoms with Gasteiger partial charge in [-0.1, -0.05) is 170 Å². The molecule has 2 heterocycles. The van der Waals surface area contributed by atoms with Crippen LogP contribution in [0.4, 0.5) is 5.82 Å². The molecule has 4 atom stereocenters. The number of ether oxygens (including phenoxy) is 4. The SMILES string of the molecule is C=C1C(COCc2ccccc2)C(OCc2ccccc2)CC1n1cnc2c1NC(NC(c1ccccc1)(c1ccccc1)c1ccc(OC)cc1)=NC2OCc1ccccc1. The Morgan fingerprint density at radius 2 is 1.18 bits per heavy atom. The molecule has 9 heteroatoms. The predicted octanol–water partition coefficient (Wildman–Crippen LogP) is 10.4. The van der Waals surface area contributed by atoms with Crippen LogP contribution in [-0.4, -0.2) is 35.3 Å². The molecular weight excluding hydrogens is 771 g/mol. The minimum absolute atomic E-state index is 0.0515. The van der Waals surface area contributed by atoms with Crippen LogP contribution in [0.25, 0.3) is 0 Å². The first-order chi connectivity index (χ1) is 30.6. The van der Waals surface area contributed by atoms with E-state index in [1.807, 2.05) is 85.2 Å². The number of hydrogen-bond acceptors (Lipinski definition) is 8. The summed E-state index contributed by atoms with van der Waals surface area (Å²) < 4.78 is 27.6. The summed E-state index contributed by atoms with van der Waals surface area (Å²) in [4.78, 5) is 10.3. The third-order valence-corrected chi connectivity index (χ3v) is 11.9. The Labute approximate surface area is 363 Å². The Morgan fingerprint density at radius 3 is 1.74 bits per heavy atom. The van der Waals surface area contributed by atoms with Gasteiger partial charge in [0.15, 0.2) is 6.23 Å². The standard InChI is InChI=1S/C53H51N5O4/c1-38-46(36-60-33-39-18-8-3-9-19-39)48(61-34-40-20-10-4-11-21-40)32-47(38)58-37-54-49-50(58)55-52(56-51(49)62-35-41-22-12-5-13-23-41)57-53(42-24-14-6-15-25-42,43-26-16-7-17-27-43)44-28-30-45(59-2)31-29-44/h3-31,37,46-48,51H,1,32-36H2,2H3,(H2,55,56,57). The van der Waals surface area contributed by atoms with E-state index in [1.54, 1.807) is 7.11 Å². The number of benzene rings is 6. The second-order valence-electron chi connectivity index (χ2n) is 15.7. The van der Waals surface area contributed by atoms with Crippen molar-refractivity contribution in [1.29, 1.82) is 0 Å². The normalized spacial score (nSPS) is 18.4. The molecule has 1 fully saturated rings. The largest absolute Gasteiger partial charge is 0.497 e. The number of anilines is 1. The molecule has 9 rings (SSSR count). The zero-order valence-corrected chi connectivity index (χ0v) is 34.8. The van der Waals surface area contributed by atoms with Gasteiger partial charge in [-0.3, -0.25) is 0 Å². The van der Waals surface area contributed by atoms with Crippen molar-refractivity contribution >= 4 is 11.8 Å². The summed E-state index contributed by atoms with van der Waals surface area (Å²) in [6.45, 7) is 6.56. The molecule has 1 aliphatic carbocycles. The van der Waals surface area contributed by atoms with Crippen LogP contribution in [0, 0.1) is 5.92 Å². The van der Waals surface area contributed by atoms with Gasteiger partial charge in [-0.05, 0) is 57.5 Å². The highest BCUT2D eigenvalue weighted by atomic mass is 16.5. The first-order valence-corrected chi connectivity index (χ1v) is 21.2. The van der Waals surface area contributed by atoms with Crippen LogP contribution < -0.4 is 15.4 Å². The van der Waals surface area contributed by atoms with Crippen molar-refractivity contribution < 1.29 is 18.9 Å². The van der Waals surface area contributed by atoms with Gasteiger partial charge in [-0.2, -0.15) is 0 Å². The van der Waals surface area contributed by atoms with Gasteiger partial charge >= 0.3 is 0 Å². The molecular formula is C53H51N5O4. The summed E-state index contributed by atoms with van der Waals surface area (Å²) in [5.74, 6) is 2.03. The topological polar surface area (TPSA) is 91.2 Å². The summed E-state index contributed by atoms with van der Waals surface area (Å²) in [5, 5.41) is 7.68. The molecule has 9 nitrogen and oxygen atoms in total. The molecule has 7 aromatic rings. The van der Waals surface area contributed by atoms with Crippen LogP contribution in [-0.2, 0) is 39.6 Å². The first-order valence-electron chi connectivity index (χ1n) is 21.2. The Balaban J connectivity index is 1.08. The number of guanidine groups is 1. The van der Waals surface area contributed by atoms with E-state index in [0.717, 1.165) is 50.5 Å². The van der Waals surface area contributed by atoms with Crippen molar-refractivity contribution in [3.05, 3.63) is 233 Å². The maximum absolute atomic E-state index is 6.74. The van der Waals surface area contributed by atoms with Gasteiger partial charge < -0.3 is 34.1 Å². The second kappa shape index (κ2) is 18.9. The van der Waals surface area contributed by atoms with Crippen LogP contribution in [0.2, 0.25) is 0 Å². The summed E-state index contributed by atoms with van der Waals surface area (Å²) in [6.07, 6.45) is 1.71. The summed E-state index contributed by atoms with van der Waals surface area (Å²) in [5.41, 5.74) is 7.18. The second-order valence-corrected chi connectivity index (χ2v) is 15.7. The van der Waals surface area contributed by atoms with Gasteiger partial charge in [0.2, 0.25) is 5.96 Å². The quantitative estimate of drug-likeness (QED) is 0.0741. The van der Waals surface area contributed by atoms with Gasteiger partial charge in [-0.25, -0.2) is 9.98 Å². The van der Waals surface area contributed by atoms with Crippen LogP contribution >= 0.6 is 0 Å². The number of imidazole rings is 1. The van der Waals surface area contributed by atoms with E-state index >= 15 is 0 Å². The fourth-order valence-corrected chi connectivity index (χ4v) is 8.65. The maximum atomic E-state index is 6.74. The summed E-state index contributed by atoms with van der Waals surface area (Å²) in [7, 11) is 1.68. The van der Waals surface area contributed by atoms with Crippen LogP contribution in [0.3, 0.4) is 0 Å². The minimum Gasteiger partial charge on any atom is -0.497 e. The zero-order chi connectivity index (χ0) is 42.1. The summed E-state index contributed by atoms with van der Waals surface area (Å²) in [6, 6.07) is 59.7. The van der Waals surface area contributed by atoms with Crippen molar-refractivity contribution in [3.63, 3.8) is 0 Å². The number of rotatable bonds is 16. The molecule has 0 radical (unpaired) electrons. The molecule has 312 valence electrons. The van der Waals surface area contributed by atoms with Crippen molar-refractivity contribution in [1.82, 2.24) is 14.9 Å². The number of aliphatic imine (C=N–C) groups is 1. The Kier molecular flexibility index (Phi) is 12.4. The van der Waals surface area contributed by atoms with Gasteiger partial charge in [0.05, 0.1) is 52.0 Å². The average Bonchev–Trinajstić information content (AvgIpc) is 3.90. The third kappa shape index (κ3) is 8.69. The van der Waals surface area contributed by atoms with Crippen LogP contribution in [0.1, 0.15) is 57.8 Å². The molecule has 1 saturated carbocycles. The minimum atomic E-state index is -0.887. The average molecular weight is 822 g/mol. The van der Waals surface area contributed by atoms with E-state index in [9.17, 15) is 0 Å². The molecule has 2 N–H and O–H groups in total. The molecule has 1 aromatic heterocycles. The molecule has 0 spiro atoms. The molecule has 4 unspecified atom stereocenters. The zero-order valence-electron chi connectivity index (χ0n) is 34.8. The molecule has 0 saturated heterocycles. The fraction of sp³-hybridized carbons (Fsp3) is 0.208. The van der Waals surface area contributed by atoms with Crippen molar-refractivity contribution in [2.24, 2.45) is 10.9 Å². The molecule has 2 aliphatic rings. The number of hydrogen-bond donors (Lipinski definition) is 2. The lowest BCUT2D eigenvalue weighted by molar-refractivity contribution is -0.0122. The van der Waals surface area contributed by atoms with Gasteiger partial charge in [0, 0.05) is 5.92 Å². The number of aromatic nitrogens is 2. The lowest BCUT2D eigenvalue weighted by atomic mass is 9.77. The van der Waals surface area contributed by atoms with E-state index in [4.69, 9.17) is 35.5 Å². The van der Waals surface area contributed by atoms with Gasteiger partial charge in [-0.15, -0.1) is 0 Å². The van der Waals surface area contributed by atoms with E-state index in [2.05, 4.69) is 112 Å². The highest BCUT2D eigenvalue weighted by molar-refractivity contribution is 5.96. The monoisotopic (exact) mass is 821 g/mol. The smallest absolute Gasteiger partial charge is 0.201 e. The summed E-state index contributed by atoms with van der Waals surface area (Å²) >= 11 is 0. The Bertz CT molecular complexity index is 2510. The molecule has 0 amide bonds. The third-order valence-electron chi connectivity index (χ3n) is 11.9. The van der Waals surface area contributed by atoms with E-state index in [1.165, 1.54) is 0 Å². The lowest BCUT2D eigenvalue weighted by Crippen LogP contribution is -2.51. The number of nitrogens with one attached hydrogen (secondary N) is 2. The van der Waals surface area contributed by atoms with Gasteiger partial charge in [0.25, 0.3) is 0 Å². The fourth-order valence-electron chi connectivity index (χ4n) is 8.65. The molecule has 1 aliphatic heterocycles. The van der Waals surface area contributed by atoms with E-state index in [0.29, 0.717) is 44.5 Å². The first kappa shape index (κ1) is 40.6. The van der Waals surface area contributed by atoms with E-state index in [-0.39, 0.29) is 18.1 Å². The van der Waals surface area contributed by atoms with Gasteiger partial charge in [0.1, 0.15) is 22.8 Å². The van der Waals surface area contributed by atoms with Crippen molar-refractivity contribution in [3.8, 4) is 5.75 Å². The Morgan fingerprint density at radius 1 is 0.661 bits per heavy atom. The Hall–Kier alpha value is -6.78. The number of fused-ring (bicyclic) bond motifs is 1. The molecule has 0 bridgehead atoms.